The lowest BCUT2D eigenvalue weighted by Crippen LogP contribution is -2.36. The molecule has 1 saturated heterocycles. The molecule has 2 saturated carbocycles. The molecule has 4 rings (SSSR count). The van der Waals surface area contributed by atoms with Crippen molar-refractivity contribution in [3.05, 3.63) is 42.5 Å². The summed E-state index contributed by atoms with van der Waals surface area (Å²) >= 11 is 0. The molecule has 3 aliphatic rings. The second-order valence-electron chi connectivity index (χ2n) is 9.06. The summed E-state index contributed by atoms with van der Waals surface area (Å²) in [6.07, 6.45) is 8.36. The lowest BCUT2D eigenvalue weighted by molar-refractivity contribution is -0.117. The Hall–Kier alpha value is -2.19. The van der Waals surface area contributed by atoms with Gasteiger partial charge in [-0.25, -0.2) is 8.42 Å². The smallest absolute Gasteiger partial charge is 0.251 e. The van der Waals surface area contributed by atoms with Crippen LogP contribution in [0.15, 0.2) is 41.8 Å². The van der Waals surface area contributed by atoms with Gasteiger partial charge in [-0.3, -0.25) is 9.59 Å². The molecule has 2 N–H and O–H groups in total. The summed E-state index contributed by atoms with van der Waals surface area (Å²) in [5.41, 5.74) is 0.489. The van der Waals surface area contributed by atoms with Crippen molar-refractivity contribution in [2.24, 2.45) is 11.8 Å². The second kappa shape index (κ2) is 9.12. The standard InChI is InChI=1S/C23H31N3O4S/c1-2-22(27)24-20-12-17-14-26(15-18(17)13-20)31(29,30)21-10-8-16(9-11-21)23(28)25-19-6-4-3-5-7-19/h2,8-11,17-20H,1,3-7,12-15H2,(H,24,27)(H,25,28). The maximum atomic E-state index is 13.1. The Morgan fingerprint density at radius 2 is 1.55 bits per heavy atom. The van der Waals surface area contributed by atoms with Crippen LogP contribution >= 0.6 is 0 Å². The summed E-state index contributed by atoms with van der Waals surface area (Å²) in [6.45, 7) is 4.41. The first-order chi connectivity index (χ1) is 14.9. The van der Waals surface area contributed by atoms with Crippen LogP contribution in [0.3, 0.4) is 0 Å². The van der Waals surface area contributed by atoms with Crippen molar-refractivity contribution in [1.29, 1.82) is 0 Å². The number of nitrogens with zero attached hydrogens (tertiary/aromatic N) is 1. The van der Waals surface area contributed by atoms with Crippen LogP contribution in [-0.4, -0.2) is 49.7 Å². The lowest BCUT2D eigenvalue weighted by atomic mass is 9.95. The number of fused-ring (bicyclic) bond motifs is 1. The van der Waals surface area contributed by atoms with Crippen LogP contribution in [-0.2, 0) is 14.8 Å². The van der Waals surface area contributed by atoms with E-state index < -0.39 is 10.0 Å². The van der Waals surface area contributed by atoms with Gasteiger partial charge in [0.05, 0.1) is 4.90 Å². The lowest BCUT2D eigenvalue weighted by Gasteiger charge is -2.23. The molecule has 0 bridgehead atoms. The van der Waals surface area contributed by atoms with Crippen LogP contribution in [0.4, 0.5) is 0 Å². The fourth-order valence-electron chi connectivity index (χ4n) is 5.27. The van der Waals surface area contributed by atoms with Gasteiger partial charge in [-0.2, -0.15) is 4.31 Å². The maximum absolute atomic E-state index is 13.1. The summed E-state index contributed by atoms with van der Waals surface area (Å²) in [6, 6.07) is 6.57. The average molecular weight is 446 g/mol. The van der Waals surface area contributed by atoms with Crippen molar-refractivity contribution >= 4 is 21.8 Å². The number of hydrogen-bond acceptors (Lipinski definition) is 4. The van der Waals surface area contributed by atoms with E-state index in [4.69, 9.17) is 0 Å². The molecule has 0 radical (unpaired) electrons. The zero-order valence-corrected chi connectivity index (χ0v) is 18.6. The van der Waals surface area contributed by atoms with Gasteiger partial charge in [-0.15, -0.1) is 0 Å². The molecule has 1 aromatic rings. The van der Waals surface area contributed by atoms with Gasteiger partial charge >= 0.3 is 0 Å². The van der Waals surface area contributed by atoms with E-state index in [1.807, 2.05) is 0 Å². The van der Waals surface area contributed by atoms with Gasteiger partial charge < -0.3 is 10.6 Å². The first kappa shape index (κ1) is 22.0. The van der Waals surface area contributed by atoms with Crippen molar-refractivity contribution in [3.8, 4) is 0 Å². The number of benzene rings is 1. The van der Waals surface area contributed by atoms with E-state index in [9.17, 15) is 18.0 Å². The molecule has 168 valence electrons. The quantitative estimate of drug-likeness (QED) is 0.658. The minimum atomic E-state index is -3.60. The van der Waals surface area contributed by atoms with Crippen LogP contribution in [0.1, 0.15) is 55.3 Å². The molecule has 2 aliphatic carbocycles. The highest BCUT2D eigenvalue weighted by Gasteiger charge is 2.45. The molecular weight excluding hydrogens is 414 g/mol. The van der Waals surface area contributed by atoms with Gasteiger partial charge in [0, 0.05) is 30.7 Å². The third-order valence-electron chi connectivity index (χ3n) is 6.94. The number of amides is 2. The number of carbonyl (C=O) groups excluding carboxylic acids is 2. The van der Waals surface area contributed by atoms with Crippen LogP contribution < -0.4 is 10.6 Å². The normalized spacial score (nSPS) is 26.9. The molecule has 31 heavy (non-hydrogen) atoms. The van der Waals surface area contributed by atoms with Crippen LogP contribution in [0.25, 0.3) is 0 Å². The summed E-state index contributed by atoms with van der Waals surface area (Å²) < 4.78 is 27.8. The van der Waals surface area contributed by atoms with E-state index in [1.165, 1.54) is 24.6 Å². The predicted octanol–water partition coefficient (Wildman–Crippen LogP) is 2.45. The van der Waals surface area contributed by atoms with E-state index in [2.05, 4.69) is 17.2 Å². The Bertz CT molecular complexity index is 924. The highest BCUT2D eigenvalue weighted by Crippen LogP contribution is 2.40. The second-order valence-corrected chi connectivity index (χ2v) is 11.0. The molecule has 1 heterocycles. The number of sulfonamides is 1. The van der Waals surface area contributed by atoms with Gasteiger partial charge in [-0.1, -0.05) is 25.8 Å². The van der Waals surface area contributed by atoms with Gasteiger partial charge in [0.2, 0.25) is 15.9 Å². The molecule has 0 aromatic heterocycles. The van der Waals surface area contributed by atoms with Crippen molar-refractivity contribution in [1.82, 2.24) is 14.9 Å². The highest BCUT2D eigenvalue weighted by molar-refractivity contribution is 7.89. The summed E-state index contributed by atoms with van der Waals surface area (Å²) in [7, 11) is -3.60. The first-order valence-corrected chi connectivity index (χ1v) is 12.6. The molecule has 8 heteroatoms. The molecule has 2 amide bonds. The zero-order valence-electron chi connectivity index (χ0n) is 17.8. The first-order valence-electron chi connectivity index (χ1n) is 11.2. The number of carbonyl (C=O) groups is 2. The Labute approximate surface area is 184 Å². The van der Waals surface area contributed by atoms with Crippen molar-refractivity contribution < 1.29 is 18.0 Å². The Kier molecular flexibility index (Phi) is 6.48. The molecule has 1 aliphatic heterocycles. The van der Waals surface area contributed by atoms with E-state index in [0.29, 0.717) is 18.7 Å². The van der Waals surface area contributed by atoms with E-state index in [0.717, 1.165) is 38.5 Å². The molecule has 2 unspecified atom stereocenters. The van der Waals surface area contributed by atoms with Crippen LogP contribution in [0.5, 0.6) is 0 Å². The minimum absolute atomic E-state index is 0.0901. The molecule has 7 nitrogen and oxygen atoms in total. The van der Waals surface area contributed by atoms with Crippen molar-refractivity contribution in [2.75, 3.05) is 13.1 Å². The van der Waals surface area contributed by atoms with Crippen molar-refractivity contribution in [3.63, 3.8) is 0 Å². The highest BCUT2D eigenvalue weighted by atomic mass is 32.2. The minimum Gasteiger partial charge on any atom is -0.350 e. The Morgan fingerprint density at radius 1 is 0.935 bits per heavy atom. The van der Waals surface area contributed by atoms with Gasteiger partial charge in [0.15, 0.2) is 0 Å². The molecule has 0 spiro atoms. The maximum Gasteiger partial charge on any atom is 0.251 e. The third kappa shape index (κ3) is 4.85. The summed E-state index contributed by atoms with van der Waals surface area (Å²) in [5, 5.41) is 5.99. The van der Waals surface area contributed by atoms with Crippen LogP contribution in [0, 0.1) is 11.8 Å². The summed E-state index contributed by atoms with van der Waals surface area (Å²) in [5.74, 6) is 0.192. The monoisotopic (exact) mass is 445 g/mol. The van der Waals surface area contributed by atoms with Crippen molar-refractivity contribution in [2.45, 2.75) is 61.9 Å². The molecule has 1 aromatic carbocycles. The SMILES string of the molecule is C=CC(=O)NC1CC2CN(S(=O)(=O)c3ccc(C(=O)NC4CCCCC4)cc3)CC2C1. The number of rotatable bonds is 6. The zero-order chi connectivity index (χ0) is 22.0. The molecular formula is C23H31N3O4S. The van der Waals surface area contributed by atoms with E-state index in [-0.39, 0.29) is 40.6 Å². The van der Waals surface area contributed by atoms with Gasteiger partial charge in [0.1, 0.15) is 0 Å². The fraction of sp³-hybridized carbons (Fsp3) is 0.565. The van der Waals surface area contributed by atoms with Gasteiger partial charge in [-0.05, 0) is 67.9 Å². The topological polar surface area (TPSA) is 95.6 Å². The summed E-state index contributed by atoms with van der Waals surface area (Å²) in [4.78, 5) is 24.2. The fourth-order valence-corrected chi connectivity index (χ4v) is 6.83. The van der Waals surface area contributed by atoms with Crippen LogP contribution in [0.2, 0.25) is 0 Å². The largest absolute Gasteiger partial charge is 0.350 e. The average Bonchev–Trinajstić information content (AvgIpc) is 3.33. The predicted molar refractivity (Wildman–Crippen MR) is 118 cm³/mol. The molecule has 2 atom stereocenters. The number of hydrogen-bond donors (Lipinski definition) is 2. The van der Waals surface area contributed by atoms with E-state index >= 15 is 0 Å². The van der Waals surface area contributed by atoms with Gasteiger partial charge in [0.25, 0.3) is 5.91 Å². The Balaban J connectivity index is 1.36. The number of nitrogens with one attached hydrogen (secondary N) is 2. The Morgan fingerprint density at radius 3 is 2.13 bits per heavy atom. The third-order valence-corrected chi connectivity index (χ3v) is 8.79. The van der Waals surface area contributed by atoms with E-state index in [1.54, 1.807) is 16.4 Å². The molecule has 3 fully saturated rings.